The van der Waals surface area contributed by atoms with Gasteiger partial charge in [-0.25, -0.2) is 8.42 Å². The van der Waals surface area contributed by atoms with E-state index in [1.54, 1.807) is 0 Å². The SMILES string of the molecule is Cc1ccccc1CNc1ccc([N+](=O)[O-])cc1S(=O)(=O)N1CCOCC1. The quantitative estimate of drug-likeness (QED) is 0.600. The first-order chi connectivity index (χ1) is 12.9. The second-order valence-corrected chi connectivity index (χ2v) is 8.14. The number of rotatable bonds is 6. The van der Waals surface area contributed by atoms with Gasteiger partial charge in [0.25, 0.3) is 5.69 Å². The Bertz CT molecular complexity index is 940. The molecule has 1 saturated heterocycles. The number of non-ortho nitro benzene ring substituents is 1. The van der Waals surface area contributed by atoms with Gasteiger partial charge in [-0.15, -0.1) is 0 Å². The fourth-order valence-corrected chi connectivity index (χ4v) is 4.50. The zero-order valence-electron chi connectivity index (χ0n) is 14.9. The Kier molecular flexibility index (Phi) is 5.73. The van der Waals surface area contributed by atoms with Gasteiger partial charge in [-0.05, 0) is 24.1 Å². The molecule has 2 aromatic carbocycles. The number of nitrogens with one attached hydrogen (secondary N) is 1. The topological polar surface area (TPSA) is 102 Å². The van der Waals surface area contributed by atoms with E-state index in [1.165, 1.54) is 16.4 Å². The molecule has 0 atom stereocenters. The Hall–Kier alpha value is -2.49. The van der Waals surface area contributed by atoms with Crippen LogP contribution in [-0.4, -0.2) is 43.9 Å². The minimum atomic E-state index is -3.88. The number of sulfonamides is 1. The molecule has 0 radical (unpaired) electrons. The molecule has 0 amide bonds. The molecule has 8 nitrogen and oxygen atoms in total. The van der Waals surface area contributed by atoms with Gasteiger partial charge in [0.1, 0.15) is 4.90 Å². The Morgan fingerprint density at radius 3 is 2.56 bits per heavy atom. The summed E-state index contributed by atoms with van der Waals surface area (Å²) in [7, 11) is -3.88. The number of benzene rings is 2. The van der Waals surface area contributed by atoms with E-state index in [4.69, 9.17) is 4.74 Å². The number of nitrogens with zero attached hydrogens (tertiary/aromatic N) is 2. The van der Waals surface area contributed by atoms with E-state index >= 15 is 0 Å². The molecule has 144 valence electrons. The van der Waals surface area contributed by atoms with Crippen LogP contribution in [0.5, 0.6) is 0 Å². The minimum Gasteiger partial charge on any atom is -0.380 e. The summed E-state index contributed by atoms with van der Waals surface area (Å²) >= 11 is 0. The first-order valence-electron chi connectivity index (χ1n) is 8.54. The van der Waals surface area contributed by atoms with Crippen molar-refractivity contribution in [2.24, 2.45) is 0 Å². The van der Waals surface area contributed by atoms with Crippen molar-refractivity contribution in [2.75, 3.05) is 31.6 Å². The Morgan fingerprint density at radius 1 is 1.19 bits per heavy atom. The lowest BCUT2D eigenvalue weighted by Gasteiger charge is -2.27. The van der Waals surface area contributed by atoms with E-state index in [-0.39, 0.29) is 23.7 Å². The van der Waals surface area contributed by atoms with E-state index in [0.29, 0.717) is 25.4 Å². The molecule has 1 fully saturated rings. The number of nitro groups is 1. The smallest absolute Gasteiger partial charge is 0.270 e. The van der Waals surface area contributed by atoms with Gasteiger partial charge in [-0.3, -0.25) is 10.1 Å². The predicted molar refractivity (Wildman–Crippen MR) is 101 cm³/mol. The van der Waals surface area contributed by atoms with E-state index in [0.717, 1.165) is 17.2 Å². The van der Waals surface area contributed by atoms with Crippen LogP contribution in [0.25, 0.3) is 0 Å². The van der Waals surface area contributed by atoms with Crippen LogP contribution in [0.2, 0.25) is 0 Å². The molecule has 0 unspecified atom stereocenters. The molecular formula is C18H21N3O5S. The van der Waals surface area contributed by atoms with Crippen molar-refractivity contribution in [1.29, 1.82) is 0 Å². The molecule has 0 saturated carbocycles. The number of morpholine rings is 1. The minimum absolute atomic E-state index is 0.0906. The summed E-state index contributed by atoms with van der Waals surface area (Å²) in [6, 6.07) is 11.6. The number of nitro benzene ring substituents is 1. The summed E-state index contributed by atoms with van der Waals surface area (Å²) in [6.07, 6.45) is 0. The normalized spacial score (nSPS) is 15.4. The average Bonchev–Trinajstić information content (AvgIpc) is 2.68. The van der Waals surface area contributed by atoms with Crippen LogP contribution in [-0.2, 0) is 21.3 Å². The third-order valence-corrected chi connectivity index (χ3v) is 6.43. The second-order valence-electron chi connectivity index (χ2n) is 6.23. The molecule has 1 N–H and O–H groups in total. The highest BCUT2D eigenvalue weighted by atomic mass is 32.2. The van der Waals surface area contributed by atoms with Gasteiger partial charge in [0, 0.05) is 31.8 Å². The van der Waals surface area contributed by atoms with Crippen LogP contribution in [0.1, 0.15) is 11.1 Å². The Labute approximate surface area is 158 Å². The fraction of sp³-hybridized carbons (Fsp3) is 0.333. The Balaban J connectivity index is 1.95. The van der Waals surface area contributed by atoms with Crippen molar-refractivity contribution < 1.29 is 18.1 Å². The largest absolute Gasteiger partial charge is 0.380 e. The van der Waals surface area contributed by atoms with E-state index in [9.17, 15) is 18.5 Å². The molecule has 1 heterocycles. The van der Waals surface area contributed by atoms with Gasteiger partial charge in [-0.2, -0.15) is 4.31 Å². The summed E-state index contributed by atoms with van der Waals surface area (Å²) in [5.74, 6) is 0. The number of ether oxygens (including phenoxy) is 1. The van der Waals surface area contributed by atoms with E-state index in [2.05, 4.69) is 5.32 Å². The van der Waals surface area contributed by atoms with Crippen molar-refractivity contribution >= 4 is 21.4 Å². The highest BCUT2D eigenvalue weighted by Crippen LogP contribution is 2.30. The third-order valence-electron chi connectivity index (χ3n) is 4.49. The summed E-state index contributed by atoms with van der Waals surface area (Å²) < 4.78 is 32.6. The van der Waals surface area contributed by atoms with E-state index < -0.39 is 14.9 Å². The standard InChI is InChI=1S/C18H21N3O5S/c1-14-4-2-3-5-15(14)13-19-17-7-6-16(21(22)23)12-18(17)27(24,25)20-8-10-26-11-9-20/h2-7,12,19H,8-11,13H2,1H3. The fourth-order valence-electron chi connectivity index (χ4n) is 2.91. The van der Waals surface area contributed by atoms with Gasteiger partial charge >= 0.3 is 0 Å². The second kappa shape index (κ2) is 8.03. The van der Waals surface area contributed by atoms with Crippen molar-refractivity contribution in [1.82, 2.24) is 4.31 Å². The van der Waals surface area contributed by atoms with E-state index in [1.807, 2.05) is 31.2 Å². The number of aryl methyl sites for hydroxylation is 1. The molecule has 0 aliphatic carbocycles. The molecule has 27 heavy (non-hydrogen) atoms. The van der Waals surface area contributed by atoms with Gasteiger partial charge < -0.3 is 10.1 Å². The van der Waals surface area contributed by atoms with Crippen molar-refractivity contribution in [3.63, 3.8) is 0 Å². The molecule has 0 bridgehead atoms. The van der Waals surface area contributed by atoms with Crippen molar-refractivity contribution in [3.05, 3.63) is 63.7 Å². The molecule has 3 rings (SSSR count). The molecular weight excluding hydrogens is 370 g/mol. The summed E-state index contributed by atoms with van der Waals surface area (Å²) in [6.45, 7) is 3.44. The zero-order valence-corrected chi connectivity index (χ0v) is 15.7. The number of hydrogen-bond acceptors (Lipinski definition) is 6. The van der Waals surface area contributed by atoms with Crippen LogP contribution in [0.3, 0.4) is 0 Å². The van der Waals surface area contributed by atoms with Gasteiger partial charge in [0.15, 0.2) is 0 Å². The predicted octanol–water partition coefficient (Wildman–Crippen LogP) is 2.54. The first-order valence-corrected chi connectivity index (χ1v) is 9.98. The average molecular weight is 391 g/mol. The summed E-state index contributed by atoms with van der Waals surface area (Å²) in [4.78, 5) is 10.5. The van der Waals surface area contributed by atoms with Crippen molar-refractivity contribution in [2.45, 2.75) is 18.4 Å². The summed E-state index contributed by atoms with van der Waals surface area (Å²) in [5, 5.41) is 14.3. The maximum absolute atomic E-state index is 13.1. The zero-order chi connectivity index (χ0) is 19.4. The van der Waals surface area contributed by atoms with Crippen LogP contribution < -0.4 is 5.32 Å². The third kappa shape index (κ3) is 4.26. The highest BCUT2D eigenvalue weighted by molar-refractivity contribution is 7.89. The molecule has 0 aromatic heterocycles. The summed E-state index contributed by atoms with van der Waals surface area (Å²) in [5.41, 5.74) is 2.17. The first kappa shape index (κ1) is 19.3. The van der Waals surface area contributed by atoms with Gasteiger partial charge in [-0.1, -0.05) is 24.3 Å². The van der Waals surface area contributed by atoms with Crippen LogP contribution in [0.4, 0.5) is 11.4 Å². The maximum Gasteiger partial charge on any atom is 0.270 e. The lowest BCUT2D eigenvalue weighted by Crippen LogP contribution is -2.40. The van der Waals surface area contributed by atoms with Gasteiger partial charge in [0.2, 0.25) is 10.0 Å². The van der Waals surface area contributed by atoms with Crippen LogP contribution in [0, 0.1) is 17.0 Å². The van der Waals surface area contributed by atoms with Crippen LogP contribution >= 0.6 is 0 Å². The lowest BCUT2D eigenvalue weighted by molar-refractivity contribution is -0.385. The molecule has 0 spiro atoms. The molecule has 9 heteroatoms. The Morgan fingerprint density at radius 2 is 1.89 bits per heavy atom. The van der Waals surface area contributed by atoms with Gasteiger partial charge in [0.05, 0.1) is 23.8 Å². The number of hydrogen-bond donors (Lipinski definition) is 1. The lowest BCUT2D eigenvalue weighted by atomic mass is 10.1. The maximum atomic E-state index is 13.1. The highest BCUT2D eigenvalue weighted by Gasteiger charge is 2.30. The van der Waals surface area contributed by atoms with Crippen LogP contribution in [0.15, 0.2) is 47.4 Å². The number of anilines is 1. The molecule has 2 aromatic rings. The monoisotopic (exact) mass is 391 g/mol. The molecule has 1 aliphatic rings. The van der Waals surface area contributed by atoms with Crippen molar-refractivity contribution in [3.8, 4) is 0 Å². The molecule has 1 aliphatic heterocycles.